The van der Waals surface area contributed by atoms with Crippen molar-refractivity contribution in [3.63, 3.8) is 0 Å². The molecule has 0 bridgehead atoms. The van der Waals surface area contributed by atoms with E-state index in [2.05, 4.69) is 9.97 Å². The average molecular weight is 253 g/mol. The third-order valence-electron chi connectivity index (χ3n) is 2.69. The van der Waals surface area contributed by atoms with Crippen molar-refractivity contribution in [2.24, 2.45) is 5.92 Å². The maximum absolute atomic E-state index is 5.70. The molecule has 6 heteroatoms. The molecule has 0 radical (unpaired) electrons. The average Bonchev–Trinajstić information content (AvgIpc) is 2.86. The van der Waals surface area contributed by atoms with Crippen LogP contribution in [0.25, 0.3) is 0 Å². The molecule has 0 saturated carbocycles. The summed E-state index contributed by atoms with van der Waals surface area (Å²) in [6, 6.07) is 1.63. The molecule has 1 saturated heterocycles. The van der Waals surface area contributed by atoms with Gasteiger partial charge in [-0.2, -0.15) is 4.98 Å². The van der Waals surface area contributed by atoms with Crippen LogP contribution in [-0.4, -0.2) is 36.4 Å². The summed E-state index contributed by atoms with van der Waals surface area (Å²) < 4.78 is 16.2. The van der Waals surface area contributed by atoms with Crippen molar-refractivity contribution in [3.8, 4) is 5.88 Å². The highest BCUT2D eigenvalue weighted by Crippen LogP contribution is 2.16. The van der Waals surface area contributed by atoms with Crippen LogP contribution in [0.1, 0.15) is 19.2 Å². The van der Waals surface area contributed by atoms with Crippen LogP contribution in [0.4, 0.5) is 5.82 Å². The monoisotopic (exact) mass is 253 g/mol. The molecule has 6 nitrogen and oxygen atoms in total. The zero-order valence-electron chi connectivity index (χ0n) is 10.6. The summed E-state index contributed by atoms with van der Waals surface area (Å²) in [5.41, 5.74) is 5.70. The van der Waals surface area contributed by atoms with Crippen LogP contribution >= 0.6 is 0 Å². The predicted molar refractivity (Wildman–Crippen MR) is 66.2 cm³/mol. The van der Waals surface area contributed by atoms with Crippen molar-refractivity contribution in [2.45, 2.75) is 20.0 Å². The van der Waals surface area contributed by atoms with E-state index in [4.69, 9.17) is 19.9 Å². The van der Waals surface area contributed by atoms with Gasteiger partial charge in [0.25, 0.3) is 0 Å². The molecule has 2 heterocycles. The van der Waals surface area contributed by atoms with Crippen molar-refractivity contribution in [1.82, 2.24) is 9.97 Å². The number of aromatic nitrogens is 2. The van der Waals surface area contributed by atoms with Gasteiger partial charge in [0.1, 0.15) is 12.4 Å². The van der Waals surface area contributed by atoms with Crippen LogP contribution in [0.3, 0.4) is 0 Å². The lowest BCUT2D eigenvalue weighted by atomic mass is 10.1. The first-order valence-corrected chi connectivity index (χ1v) is 6.19. The van der Waals surface area contributed by atoms with Crippen LogP contribution < -0.4 is 10.5 Å². The third kappa shape index (κ3) is 3.82. The Morgan fingerprint density at radius 3 is 3.11 bits per heavy atom. The molecule has 100 valence electrons. The Morgan fingerprint density at radius 1 is 1.50 bits per heavy atom. The summed E-state index contributed by atoms with van der Waals surface area (Å²) in [5, 5.41) is 0. The van der Waals surface area contributed by atoms with E-state index in [0.717, 1.165) is 19.6 Å². The zero-order valence-corrected chi connectivity index (χ0v) is 10.6. The van der Waals surface area contributed by atoms with Gasteiger partial charge in [0.05, 0.1) is 13.2 Å². The van der Waals surface area contributed by atoms with Gasteiger partial charge in [-0.25, -0.2) is 4.98 Å². The normalized spacial score (nSPS) is 19.1. The van der Waals surface area contributed by atoms with Crippen LogP contribution in [-0.2, 0) is 16.1 Å². The molecule has 1 aliphatic heterocycles. The molecule has 1 aliphatic rings. The molecule has 1 unspecified atom stereocenters. The number of hydrogen-bond donors (Lipinski definition) is 1. The third-order valence-corrected chi connectivity index (χ3v) is 2.69. The van der Waals surface area contributed by atoms with Crippen molar-refractivity contribution in [1.29, 1.82) is 0 Å². The van der Waals surface area contributed by atoms with Crippen LogP contribution in [0.15, 0.2) is 6.07 Å². The van der Waals surface area contributed by atoms with Gasteiger partial charge in [-0.1, -0.05) is 0 Å². The number of anilines is 1. The number of ether oxygens (including phenoxy) is 3. The number of rotatable bonds is 6. The molecule has 2 N–H and O–H groups in total. The minimum atomic E-state index is 0.352. The Bertz CT molecular complexity index is 381. The molecular weight excluding hydrogens is 234 g/mol. The van der Waals surface area contributed by atoms with Gasteiger partial charge in [-0.3, -0.25) is 0 Å². The minimum absolute atomic E-state index is 0.352. The van der Waals surface area contributed by atoms with E-state index in [1.165, 1.54) is 0 Å². The van der Waals surface area contributed by atoms with Gasteiger partial charge in [-0.05, 0) is 13.3 Å². The molecule has 2 rings (SSSR count). The summed E-state index contributed by atoms with van der Waals surface area (Å²) in [4.78, 5) is 8.34. The lowest BCUT2D eigenvalue weighted by Crippen LogP contribution is -2.13. The fraction of sp³-hybridized carbons (Fsp3) is 0.667. The number of hydrogen-bond acceptors (Lipinski definition) is 6. The maximum atomic E-state index is 5.70. The molecular formula is C12H19N3O3. The second-order valence-electron chi connectivity index (χ2n) is 4.23. The molecule has 0 aromatic carbocycles. The topological polar surface area (TPSA) is 79.5 Å². The van der Waals surface area contributed by atoms with E-state index in [-0.39, 0.29) is 0 Å². The highest BCUT2D eigenvalue weighted by molar-refractivity contribution is 5.32. The van der Waals surface area contributed by atoms with Crippen molar-refractivity contribution < 1.29 is 14.2 Å². The highest BCUT2D eigenvalue weighted by Gasteiger charge is 2.16. The quantitative estimate of drug-likeness (QED) is 0.815. The SMILES string of the molecule is CCOCc1nc(N)cc(OCC2CCOC2)n1. The van der Waals surface area contributed by atoms with Gasteiger partial charge in [0.2, 0.25) is 5.88 Å². The summed E-state index contributed by atoms with van der Waals surface area (Å²) in [6.07, 6.45) is 1.03. The molecule has 1 aromatic rings. The summed E-state index contributed by atoms with van der Waals surface area (Å²) in [5.74, 6) is 1.90. The Hall–Kier alpha value is -1.40. The Kier molecular flexibility index (Phi) is 4.72. The number of nitrogens with zero attached hydrogens (tertiary/aromatic N) is 2. The van der Waals surface area contributed by atoms with Crippen LogP contribution in [0.2, 0.25) is 0 Å². The first-order chi connectivity index (χ1) is 8.78. The van der Waals surface area contributed by atoms with Crippen molar-refractivity contribution in [3.05, 3.63) is 11.9 Å². The van der Waals surface area contributed by atoms with Gasteiger partial charge >= 0.3 is 0 Å². The summed E-state index contributed by atoms with van der Waals surface area (Å²) in [6.45, 7) is 5.06. The Labute approximate surface area is 106 Å². The first kappa shape index (κ1) is 13.0. The standard InChI is InChI=1S/C12H19N3O3/c1-2-16-8-11-14-10(13)5-12(15-11)18-7-9-3-4-17-6-9/h5,9H,2-4,6-8H2,1H3,(H2,13,14,15). The van der Waals surface area contributed by atoms with Crippen molar-refractivity contribution in [2.75, 3.05) is 32.2 Å². The predicted octanol–water partition coefficient (Wildman–Crippen LogP) is 1.01. The van der Waals surface area contributed by atoms with Gasteiger partial charge in [0.15, 0.2) is 5.82 Å². The van der Waals surface area contributed by atoms with E-state index in [9.17, 15) is 0 Å². The second-order valence-corrected chi connectivity index (χ2v) is 4.23. The van der Waals surface area contributed by atoms with Crippen LogP contribution in [0.5, 0.6) is 5.88 Å². The fourth-order valence-electron chi connectivity index (χ4n) is 1.74. The van der Waals surface area contributed by atoms with Gasteiger partial charge in [-0.15, -0.1) is 0 Å². The van der Waals surface area contributed by atoms with Gasteiger partial charge < -0.3 is 19.9 Å². The molecule has 1 aromatic heterocycles. The smallest absolute Gasteiger partial charge is 0.218 e. The van der Waals surface area contributed by atoms with E-state index < -0.39 is 0 Å². The Balaban J connectivity index is 1.91. The summed E-state index contributed by atoms with van der Waals surface area (Å²) >= 11 is 0. The highest BCUT2D eigenvalue weighted by atomic mass is 16.5. The first-order valence-electron chi connectivity index (χ1n) is 6.19. The molecule has 18 heavy (non-hydrogen) atoms. The van der Waals surface area contributed by atoms with E-state index in [1.54, 1.807) is 6.07 Å². The minimum Gasteiger partial charge on any atom is -0.477 e. The van der Waals surface area contributed by atoms with E-state index in [1.807, 2.05) is 6.92 Å². The molecule has 0 amide bonds. The molecule has 0 spiro atoms. The van der Waals surface area contributed by atoms with Crippen molar-refractivity contribution >= 4 is 5.82 Å². The largest absolute Gasteiger partial charge is 0.477 e. The van der Waals surface area contributed by atoms with E-state index in [0.29, 0.717) is 43.3 Å². The maximum Gasteiger partial charge on any atom is 0.218 e. The fourth-order valence-corrected chi connectivity index (χ4v) is 1.74. The van der Waals surface area contributed by atoms with E-state index >= 15 is 0 Å². The second kappa shape index (κ2) is 6.51. The number of nitrogen functional groups attached to an aromatic ring is 1. The summed E-state index contributed by atoms with van der Waals surface area (Å²) in [7, 11) is 0. The molecule has 1 fully saturated rings. The lowest BCUT2D eigenvalue weighted by molar-refractivity contribution is 0.127. The Morgan fingerprint density at radius 2 is 2.39 bits per heavy atom. The van der Waals surface area contributed by atoms with Crippen LogP contribution in [0, 0.1) is 5.92 Å². The molecule has 1 atom stereocenters. The van der Waals surface area contributed by atoms with Gasteiger partial charge in [0, 0.05) is 25.2 Å². The molecule has 0 aliphatic carbocycles. The lowest BCUT2D eigenvalue weighted by Gasteiger charge is -2.10. The zero-order chi connectivity index (χ0) is 12.8. The number of nitrogens with two attached hydrogens (primary N) is 1.